The lowest BCUT2D eigenvalue weighted by Crippen LogP contribution is -2.46. The Hall–Kier alpha value is -5.67. The molecule has 2 saturated heterocycles. The molecule has 16 heteroatoms. The van der Waals surface area contributed by atoms with Crippen molar-refractivity contribution in [1.29, 1.82) is 0 Å². The summed E-state index contributed by atoms with van der Waals surface area (Å²) in [7, 11) is 0. The van der Waals surface area contributed by atoms with E-state index in [1.165, 1.54) is 0 Å². The smallest absolute Gasteiger partial charge is 0.419 e. The zero-order chi connectivity index (χ0) is 38.6. The lowest BCUT2D eigenvalue weighted by atomic mass is 10.2. The molecule has 0 unspecified atom stereocenters. The van der Waals surface area contributed by atoms with Crippen LogP contribution in [0.15, 0.2) is 60.7 Å². The van der Waals surface area contributed by atoms with Gasteiger partial charge in [0.25, 0.3) is 0 Å². The van der Waals surface area contributed by atoms with Crippen LogP contribution in [0.4, 0.5) is 19.2 Å². The van der Waals surface area contributed by atoms with Gasteiger partial charge in [-0.3, -0.25) is 4.79 Å². The molecule has 16 nitrogen and oxygen atoms in total. The van der Waals surface area contributed by atoms with Crippen LogP contribution in [-0.4, -0.2) is 106 Å². The number of nitrogens with zero attached hydrogens (tertiary/aromatic N) is 3. The van der Waals surface area contributed by atoms with E-state index in [4.69, 9.17) is 23.7 Å². The van der Waals surface area contributed by atoms with Gasteiger partial charge < -0.3 is 33.9 Å². The first-order valence-electron chi connectivity index (χ1n) is 16.6. The second kappa shape index (κ2) is 18.0. The molecule has 0 radical (unpaired) electrons. The number of rotatable bonds is 9. The standard InChI is InChI=1S/C20H26N2O7.C16H20N2O5/c1-5-27-16(23)12-21-11-15(17(24)29-20(2,3)4)22(18(21)25)19(26)28-13-14-9-7-6-8-10-14;1-16(2,3)23-13(19)12-9-17-14(20)18(12)15(21)22-10-11-7-5-4-6-8-11/h6-10,15H,5,11-13H2,1-4H3;4-8,12H,9-10H2,1-3H3,(H,17,20)/t15-;12-/m00/s1. The summed E-state index contributed by atoms with van der Waals surface area (Å²) in [5, 5.41) is 2.45. The highest BCUT2D eigenvalue weighted by molar-refractivity contribution is 6.00. The van der Waals surface area contributed by atoms with Crippen LogP contribution in [0, 0.1) is 0 Å². The molecule has 0 saturated carbocycles. The van der Waals surface area contributed by atoms with E-state index in [2.05, 4.69) is 5.32 Å². The van der Waals surface area contributed by atoms with Crippen molar-refractivity contribution in [3.63, 3.8) is 0 Å². The fourth-order valence-electron chi connectivity index (χ4n) is 4.75. The van der Waals surface area contributed by atoms with Gasteiger partial charge in [-0.05, 0) is 59.6 Å². The van der Waals surface area contributed by atoms with Crippen LogP contribution in [0.1, 0.15) is 59.6 Å². The molecule has 2 aromatic rings. The van der Waals surface area contributed by atoms with Gasteiger partial charge in [0.15, 0.2) is 12.1 Å². The molecule has 2 fully saturated rings. The van der Waals surface area contributed by atoms with E-state index in [-0.39, 0.29) is 39.5 Å². The number of hydrogen-bond acceptors (Lipinski definition) is 12. The van der Waals surface area contributed by atoms with Gasteiger partial charge in [-0.15, -0.1) is 0 Å². The summed E-state index contributed by atoms with van der Waals surface area (Å²) in [5.74, 6) is -2.04. The molecule has 0 aliphatic carbocycles. The molecular weight excluding hydrogens is 680 g/mol. The molecule has 2 aliphatic heterocycles. The Morgan fingerprint density at radius 1 is 0.692 bits per heavy atom. The van der Waals surface area contributed by atoms with Gasteiger partial charge in [0.05, 0.1) is 19.7 Å². The van der Waals surface area contributed by atoms with Gasteiger partial charge >= 0.3 is 42.2 Å². The molecule has 4 rings (SSSR count). The van der Waals surface area contributed by atoms with E-state index in [0.717, 1.165) is 20.9 Å². The fraction of sp³-hybridized carbons (Fsp3) is 0.472. The van der Waals surface area contributed by atoms with Crippen molar-refractivity contribution in [3.8, 4) is 0 Å². The van der Waals surface area contributed by atoms with Crippen molar-refractivity contribution >= 4 is 42.2 Å². The molecule has 2 atom stereocenters. The van der Waals surface area contributed by atoms with Crippen molar-refractivity contribution in [2.24, 2.45) is 0 Å². The number of urea groups is 2. The average Bonchev–Trinajstić information content (AvgIpc) is 3.62. The van der Waals surface area contributed by atoms with Crippen LogP contribution in [-0.2, 0) is 51.3 Å². The summed E-state index contributed by atoms with van der Waals surface area (Å²) < 4.78 is 25.7. The number of esters is 3. The van der Waals surface area contributed by atoms with Gasteiger partial charge in [0.2, 0.25) is 0 Å². The van der Waals surface area contributed by atoms with E-state index < -0.39 is 65.4 Å². The maximum Gasteiger partial charge on any atom is 0.419 e. The predicted molar refractivity (Wildman–Crippen MR) is 183 cm³/mol. The zero-order valence-electron chi connectivity index (χ0n) is 30.4. The van der Waals surface area contributed by atoms with Crippen molar-refractivity contribution in [2.75, 3.05) is 26.2 Å². The van der Waals surface area contributed by atoms with E-state index in [1.54, 1.807) is 84.9 Å². The Morgan fingerprint density at radius 3 is 1.62 bits per heavy atom. The number of imide groups is 2. The topological polar surface area (TPSA) is 187 Å². The van der Waals surface area contributed by atoms with Crippen molar-refractivity contribution < 1.29 is 57.2 Å². The molecular formula is C36H46N4O12. The Balaban J connectivity index is 0.000000288. The van der Waals surface area contributed by atoms with Crippen molar-refractivity contribution in [3.05, 3.63) is 71.8 Å². The van der Waals surface area contributed by atoms with Crippen molar-refractivity contribution in [1.82, 2.24) is 20.0 Å². The largest absolute Gasteiger partial charge is 0.465 e. The Bertz CT molecular complexity index is 1590. The Labute approximate surface area is 302 Å². The van der Waals surface area contributed by atoms with Gasteiger partial charge in [0.1, 0.15) is 31.0 Å². The third-order valence-corrected chi connectivity index (χ3v) is 6.95. The average molecular weight is 727 g/mol. The van der Waals surface area contributed by atoms with Crippen LogP contribution in [0.3, 0.4) is 0 Å². The highest BCUT2D eigenvalue weighted by Crippen LogP contribution is 2.22. The number of carbonyl (C=O) groups excluding carboxylic acids is 7. The first kappa shape index (κ1) is 40.8. The lowest BCUT2D eigenvalue weighted by Gasteiger charge is -2.25. The van der Waals surface area contributed by atoms with E-state index in [9.17, 15) is 33.6 Å². The van der Waals surface area contributed by atoms with Crippen LogP contribution in [0.25, 0.3) is 0 Å². The van der Waals surface area contributed by atoms with Crippen LogP contribution in [0.2, 0.25) is 0 Å². The molecule has 2 heterocycles. The second-order valence-corrected chi connectivity index (χ2v) is 13.6. The van der Waals surface area contributed by atoms with Gasteiger partial charge in [-0.1, -0.05) is 60.7 Å². The maximum atomic E-state index is 12.7. The Morgan fingerprint density at radius 2 is 1.15 bits per heavy atom. The van der Waals surface area contributed by atoms with Crippen LogP contribution < -0.4 is 5.32 Å². The second-order valence-electron chi connectivity index (χ2n) is 13.6. The quantitative estimate of drug-likeness (QED) is 0.284. The Kier molecular flexibility index (Phi) is 14.1. The molecule has 2 aromatic carbocycles. The molecule has 282 valence electrons. The number of hydrogen-bond donors (Lipinski definition) is 1. The molecule has 6 amide bonds. The van der Waals surface area contributed by atoms with Gasteiger partial charge in [-0.25, -0.2) is 38.6 Å². The predicted octanol–water partition coefficient (Wildman–Crippen LogP) is 4.39. The molecule has 0 aromatic heterocycles. The first-order chi connectivity index (χ1) is 24.4. The SMILES string of the molecule is CC(C)(C)OC(=O)[C@@H]1CNC(=O)N1C(=O)OCc1ccccc1.CCOC(=O)CN1C[C@@H](C(=O)OC(C)(C)C)N(C(=O)OCc2ccccc2)C1=O. The first-order valence-corrected chi connectivity index (χ1v) is 16.6. The lowest BCUT2D eigenvalue weighted by molar-refractivity contribution is -0.160. The minimum atomic E-state index is -1.22. The summed E-state index contributed by atoms with van der Waals surface area (Å²) in [6, 6.07) is 14.3. The van der Waals surface area contributed by atoms with Crippen molar-refractivity contribution in [2.45, 2.75) is 85.0 Å². The summed E-state index contributed by atoms with van der Waals surface area (Å²) in [6.07, 6.45) is -1.86. The number of amides is 6. The monoisotopic (exact) mass is 726 g/mol. The number of nitrogens with one attached hydrogen (secondary N) is 1. The number of benzene rings is 2. The molecule has 0 spiro atoms. The minimum Gasteiger partial charge on any atom is -0.465 e. The van der Waals surface area contributed by atoms with E-state index in [1.807, 2.05) is 24.3 Å². The highest BCUT2D eigenvalue weighted by atomic mass is 16.6. The zero-order valence-corrected chi connectivity index (χ0v) is 30.4. The minimum absolute atomic E-state index is 0.00812. The third kappa shape index (κ3) is 12.3. The van der Waals surface area contributed by atoms with Crippen LogP contribution >= 0.6 is 0 Å². The highest BCUT2D eigenvalue weighted by Gasteiger charge is 2.48. The summed E-state index contributed by atoms with van der Waals surface area (Å²) >= 11 is 0. The number of ether oxygens (including phenoxy) is 5. The summed E-state index contributed by atoms with van der Waals surface area (Å²) in [4.78, 5) is 88.3. The molecule has 0 bridgehead atoms. The van der Waals surface area contributed by atoms with Gasteiger partial charge in [-0.2, -0.15) is 0 Å². The number of carbonyl (C=O) groups is 7. The normalized spacial score (nSPS) is 17.0. The molecule has 1 N–H and O–H groups in total. The molecule has 2 aliphatic rings. The summed E-state index contributed by atoms with van der Waals surface area (Å²) in [5.41, 5.74) is -0.00429. The van der Waals surface area contributed by atoms with Crippen LogP contribution in [0.5, 0.6) is 0 Å². The maximum absolute atomic E-state index is 12.7. The van der Waals surface area contributed by atoms with Gasteiger partial charge in [0, 0.05) is 0 Å². The van der Waals surface area contributed by atoms with E-state index in [0.29, 0.717) is 4.90 Å². The fourth-order valence-corrected chi connectivity index (χ4v) is 4.75. The summed E-state index contributed by atoms with van der Waals surface area (Å²) in [6.45, 7) is 11.4. The third-order valence-electron chi connectivity index (χ3n) is 6.95. The molecule has 52 heavy (non-hydrogen) atoms. The van der Waals surface area contributed by atoms with E-state index >= 15 is 0 Å².